The maximum absolute atomic E-state index is 13.5. The number of nitrogens with two attached hydrogens (primary N) is 2. The van der Waals surface area contributed by atoms with Crippen LogP contribution in [0.5, 0.6) is 0 Å². The number of carboxylic acid groups (broad SMARTS) is 2. The van der Waals surface area contributed by atoms with Gasteiger partial charge in [-0.05, 0) is 57.9 Å². The first kappa shape index (κ1) is 45.6. The molecule has 0 bridgehead atoms. The summed E-state index contributed by atoms with van der Waals surface area (Å²) < 4.78 is 0. The maximum atomic E-state index is 13.5. The number of aliphatic hydroxyl groups is 1. The van der Waals surface area contributed by atoms with Gasteiger partial charge in [-0.15, -0.1) is 0 Å². The summed E-state index contributed by atoms with van der Waals surface area (Å²) in [5.41, 5.74) is 11.1. The lowest BCUT2D eigenvalue weighted by Gasteiger charge is -2.28. The van der Waals surface area contributed by atoms with E-state index in [1.807, 2.05) is 0 Å². The Hall–Kier alpha value is -4.36. The van der Waals surface area contributed by atoms with Crippen molar-refractivity contribution < 1.29 is 53.7 Å². The van der Waals surface area contributed by atoms with Crippen LogP contribution in [0.3, 0.4) is 0 Å². The topological polar surface area (TPSA) is 321 Å². The standard InChI is InChI=1S/C31H56N8O11/c1-7-16(4)24(30(48)37-21(31(49)50)13-23(41)42)39-26(44)18(6)34-28(46)20(12-15(2)3)36-27(45)19(10-8-9-11-32)35-29(47)22(14-40)38-25(43)17(5)33/h15-22,24,40H,7-14,32-33H2,1-6H3,(H,34,46)(H,35,47)(H,36,45)(H,37,48)(H,38,43)(H,39,44)(H,41,42)(H,49,50)/t16-,17-,18-,19-,20-,21-,22-,24-/m0/s1. The maximum Gasteiger partial charge on any atom is 0.326 e. The van der Waals surface area contributed by atoms with Crippen LogP contribution in [0, 0.1) is 11.8 Å². The van der Waals surface area contributed by atoms with Crippen LogP contribution in [0.15, 0.2) is 0 Å². The summed E-state index contributed by atoms with van der Waals surface area (Å²) in [6.07, 6.45) is 0.644. The van der Waals surface area contributed by atoms with E-state index in [1.54, 1.807) is 27.7 Å². The van der Waals surface area contributed by atoms with E-state index in [0.717, 1.165) is 0 Å². The molecule has 0 saturated carbocycles. The van der Waals surface area contributed by atoms with Crippen molar-refractivity contribution in [2.24, 2.45) is 23.3 Å². The number of rotatable bonds is 24. The zero-order valence-electron chi connectivity index (χ0n) is 29.6. The molecule has 0 aliphatic carbocycles. The fraction of sp³-hybridized carbons (Fsp3) is 0.742. The summed E-state index contributed by atoms with van der Waals surface area (Å²) in [6, 6.07) is -9.00. The van der Waals surface area contributed by atoms with Crippen molar-refractivity contribution in [3.05, 3.63) is 0 Å². The van der Waals surface area contributed by atoms with Crippen LogP contribution >= 0.6 is 0 Å². The molecule has 0 aromatic rings. The molecule has 0 aromatic carbocycles. The van der Waals surface area contributed by atoms with Crippen molar-refractivity contribution in [1.82, 2.24) is 31.9 Å². The number of carboxylic acids is 2. The predicted molar refractivity (Wildman–Crippen MR) is 180 cm³/mol. The van der Waals surface area contributed by atoms with E-state index in [1.165, 1.54) is 13.8 Å². The second-order valence-electron chi connectivity index (χ2n) is 12.7. The summed E-state index contributed by atoms with van der Waals surface area (Å²) in [5, 5.41) is 42.5. The molecular formula is C31H56N8O11. The number of amides is 6. The molecule has 0 aromatic heterocycles. The third-order valence-corrected chi connectivity index (χ3v) is 7.69. The van der Waals surface area contributed by atoms with Crippen molar-refractivity contribution in [3.63, 3.8) is 0 Å². The highest BCUT2D eigenvalue weighted by Gasteiger charge is 2.34. The van der Waals surface area contributed by atoms with Crippen LogP contribution in [0.4, 0.5) is 0 Å². The van der Waals surface area contributed by atoms with Crippen molar-refractivity contribution in [2.75, 3.05) is 13.2 Å². The molecule has 0 unspecified atom stereocenters. The molecule has 0 aliphatic rings. The van der Waals surface area contributed by atoms with Gasteiger partial charge >= 0.3 is 11.9 Å². The van der Waals surface area contributed by atoms with Crippen LogP contribution < -0.4 is 43.4 Å². The molecule has 8 atom stereocenters. The first-order valence-electron chi connectivity index (χ1n) is 16.6. The number of hydrogen-bond acceptors (Lipinski definition) is 11. The second kappa shape index (κ2) is 23.1. The average Bonchev–Trinajstić information content (AvgIpc) is 3.03. The number of aliphatic hydroxyl groups excluding tert-OH is 1. The lowest BCUT2D eigenvalue weighted by Crippen LogP contribution is -2.60. The van der Waals surface area contributed by atoms with Crippen LogP contribution in [-0.2, 0) is 38.4 Å². The van der Waals surface area contributed by atoms with Gasteiger partial charge < -0.3 is 58.7 Å². The second-order valence-corrected chi connectivity index (χ2v) is 12.7. The van der Waals surface area contributed by atoms with E-state index in [9.17, 15) is 48.6 Å². The van der Waals surface area contributed by atoms with Gasteiger partial charge in [0.15, 0.2) is 0 Å². The third-order valence-electron chi connectivity index (χ3n) is 7.69. The van der Waals surface area contributed by atoms with Gasteiger partial charge in [0.25, 0.3) is 0 Å². The zero-order valence-corrected chi connectivity index (χ0v) is 29.6. The van der Waals surface area contributed by atoms with Crippen molar-refractivity contribution in [3.8, 4) is 0 Å². The van der Waals surface area contributed by atoms with E-state index >= 15 is 0 Å². The molecule has 0 saturated heterocycles. The van der Waals surface area contributed by atoms with E-state index in [4.69, 9.17) is 16.6 Å². The largest absolute Gasteiger partial charge is 0.481 e. The summed E-state index contributed by atoms with van der Waals surface area (Å²) >= 11 is 0. The molecule has 0 rings (SSSR count). The fourth-order valence-electron chi connectivity index (χ4n) is 4.50. The van der Waals surface area contributed by atoms with Gasteiger partial charge in [-0.3, -0.25) is 33.6 Å². The molecule has 50 heavy (non-hydrogen) atoms. The summed E-state index contributed by atoms with van der Waals surface area (Å²) in [5.74, 6) is -8.46. The van der Waals surface area contributed by atoms with Gasteiger partial charge in [0, 0.05) is 0 Å². The quantitative estimate of drug-likeness (QED) is 0.0445. The molecule has 19 heteroatoms. The SMILES string of the molecule is CC[C@H](C)[C@H](NC(=O)[C@H](C)NC(=O)[C@H](CC(C)C)NC(=O)[C@H](CCCCN)NC(=O)[C@H](CO)NC(=O)[C@H](C)N)C(=O)N[C@@H](CC(=O)O)C(=O)O. The van der Waals surface area contributed by atoms with Crippen LogP contribution in [0.1, 0.15) is 80.1 Å². The highest BCUT2D eigenvalue weighted by atomic mass is 16.4. The minimum atomic E-state index is -1.74. The normalized spacial score (nSPS) is 15.9. The molecule has 0 fully saturated rings. The lowest BCUT2D eigenvalue weighted by molar-refractivity contribution is -0.147. The first-order valence-corrected chi connectivity index (χ1v) is 16.6. The predicted octanol–water partition coefficient (Wildman–Crippen LogP) is -2.96. The Morgan fingerprint density at radius 3 is 1.64 bits per heavy atom. The molecule has 19 nitrogen and oxygen atoms in total. The molecule has 286 valence electrons. The Labute approximate surface area is 291 Å². The molecular weight excluding hydrogens is 660 g/mol. The van der Waals surface area contributed by atoms with Crippen LogP contribution in [0.2, 0.25) is 0 Å². The van der Waals surface area contributed by atoms with Gasteiger partial charge in [-0.1, -0.05) is 34.1 Å². The van der Waals surface area contributed by atoms with Gasteiger partial charge in [-0.2, -0.15) is 0 Å². The Kier molecular flexibility index (Phi) is 21.1. The highest BCUT2D eigenvalue weighted by molar-refractivity contribution is 5.97. The lowest BCUT2D eigenvalue weighted by atomic mass is 9.97. The number of nitrogens with one attached hydrogen (secondary N) is 6. The number of aliphatic carboxylic acids is 2. The molecule has 6 amide bonds. The van der Waals surface area contributed by atoms with E-state index in [-0.39, 0.29) is 18.8 Å². The Balaban J connectivity index is 5.91. The van der Waals surface area contributed by atoms with Gasteiger partial charge in [0.2, 0.25) is 35.4 Å². The smallest absolute Gasteiger partial charge is 0.326 e. The number of hydrogen-bond donors (Lipinski definition) is 11. The Bertz CT molecular complexity index is 1180. The third kappa shape index (κ3) is 16.8. The fourth-order valence-corrected chi connectivity index (χ4v) is 4.50. The minimum Gasteiger partial charge on any atom is -0.481 e. The summed E-state index contributed by atoms with van der Waals surface area (Å²) in [7, 11) is 0. The monoisotopic (exact) mass is 716 g/mol. The molecule has 0 spiro atoms. The molecule has 0 heterocycles. The first-order chi connectivity index (χ1) is 23.3. The van der Waals surface area contributed by atoms with E-state index < -0.39 is 109 Å². The van der Waals surface area contributed by atoms with Crippen molar-refractivity contribution in [1.29, 1.82) is 0 Å². The Morgan fingerprint density at radius 2 is 1.16 bits per heavy atom. The highest BCUT2D eigenvalue weighted by Crippen LogP contribution is 2.11. The van der Waals surface area contributed by atoms with E-state index in [2.05, 4.69) is 31.9 Å². The average molecular weight is 717 g/mol. The van der Waals surface area contributed by atoms with Crippen LogP contribution in [0.25, 0.3) is 0 Å². The molecule has 13 N–H and O–H groups in total. The van der Waals surface area contributed by atoms with Gasteiger partial charge in [0.05, 0.1) is 19.1 Å². The van der Waals surface area contributed by atoms with Crippen molar-refractivity contribution in [2.45, 2.75) is 122 Å². The molecule has 0 radical (unpaired) electrons. The Morgan fingerprint density at radius 1 is 0.640 bits per heavy atom. The van der Waals surface area contributed by atoms with Crippen LogP contribution in [-0.4, -0.2) is 118 Å². The zero-order chi connectivity index (χ0) is 38.7. The number of unbranched alkanes of at least 4 members (excludes halogenated alkanes) is 1. The van der Waals surface area contributed by atoms with Gasteiger partial charge in [-0.25, -0.2) is 4.79 Å². The minimum absolute atomic E-state index is 0.108. The summed E-state index contributed by atoms with van der Waals surface area (Å²) in [4.78, 5) is 100. The number of carbonyl (C=O) groups excluding carboxylic acids is 6. The molecule has 0 aliphatic heterocycles. The van der Waals surface area contributed by atoms with E-state index in [0.29, 0.717) is 25.8 Å². The van der Waals surface area contributed by atoms with Gasteiger partial charge in [0.1, 0.15) is 36.3 Å². The van der Waals surface area contributed by atoms with Crippen molar-refractivity contribution >= 4 is 47.4 Å². The number of carbonyl (C=O) groups is 8. The summed E-state index contributed by atoms with van der Waals surface area (Å²) in [6.45, 7) is 9.18.